The lowest BCUT2D eigenvalue weighted by atomic mass is 10.0. The number of fused-ring (bicyclic) bond motifs is 8. The van der Waals surface area contributed by atoms with Crippen LogP contribution in [0.25, 0.3) is 90.9 Å². The number of aromatic nitrogens is 4. The number of hydrogen-bond donors (Lipinski definition) is 3. The molecule has 1 amide bonds. The number of ether oxygens (including phenoxy) is 6. The van der Waals surface area contributed by atoms with E-state index in [1.165, 1.54) is 6.92 Å². The Morgan fingerprint density at radius 1 is 0.406 bits per heavy atom. The topological polar surface area (TPSA) is 142 Å². The zero-order valence-corrected chi connectivity index (χ0v) is 36.4. The third-order valence-electron chi connectivity index (χ3n) is 11.2. The molecule has 4 aromatic carbocycles. The lowest BCUT2D eigenvalue weighted by Crippen LogP contribution is -2.05. The number of anilines is 1. The van der Waals surface area contributed by atoms with E-state index in [2.05, 4.69) is 21.4 Å². The fourth-order valence-electron chi connectivity index (χ4n) is 8.20. The lowest BCUT2D eigenvalue weighted by molar-refractivity contribution is -0.114. The molecular formula is C52H45N5O7. The van der Waals surface area contributed by atoms with Crippen LogP contribution in [-0.4, -0.2) is 68.5 Å². The van der Waals surface area contributed by atoms with Gasteiger partial charge in [0, 0.05) is 75.1 Å². The molecule has 0 aliphatic carbocycles. The molecule has 0 atom stereocenters. The Labute approximate surface area is 369 Å². The third-order valence-corrected chi connectivity index (χ3v) is 11.2. The Bertz CT molecular complexity index is 3080. The second kappa shape index (κ2) is 17.3. The average Bonchev–Trinajstić information content (AvgIpc) is 4.17. The van der Waals surface area contributed by atoms with Crippen LogP contribution < -0.4 is 33.7 Å². The molecule has 64 heavy (non-hydrogen) atoms. The van der Waals surface area contributed by atoms with Gasteiger partial charge in [-0.15, -0.1) is 0 Å². The van der Waals surface area contributed by atoms with Gasteiger partial charge in [-0.25, -0.2) is 9.97 Å². The van der Waals surface area contributed by atoms with E-state index in [0.29, 0.717) is 57.3 Å². The number of hydrogen-bond acceptors (Lipinski definition) is 9. The average molecular weight is 852 g/mol. The van der Waals surface area contributed by atoms with Gasteiger partial charge >= 0.3 is 0 Å². The van der Waals surface area contributed by atoms with Crippen molar-refractivity contribution >= 4 is 58.0 Å². The van der Waals surface area contributed by atoms with Crippen molar-refractivity contribution in [1.29, 1.82) is 0 Å². The number of carbonyl (C=O) groups excluding carboxylic acids is 1. The highest BCUT2D eigenvalue weighted by molar-refractivity contribution is 6.00. The molecule has 5 heterocycles. The first-order valence-corrected chi connectivity index (χ1v) is 20.4. The Hall–Kier alpha value is -8.25. The summed E-state index contributed by atoms with van der Waals surface area (Å²) in [7, 11) is 9.81. The van der Waals surface area contributed by atoms with Gasteiger partial charge in [-0.1, -0.05) is 12.1 Å². The SMILES string of the molecule is COc1cc(OC)cc(-c2c3nc(c(-c4cc(OC)cc(OC)c4)c4ccc([nH]4)c(-c4cc(OC)cc(OC)c4)c4nc(c(-c5ccc(NC(C)=O)cc5)c5ccc2[nH]5)C=C4)C=C3)c1. The van der Waals surface area contributed by atoms with Gasteiger partial charge < -0.3 is 43.7 Å². The standard InChI is InChI=1S/C52H45N5O7/c1-29(58)53-34-10-8-30(9-11-34)49-41-12-14-43(54-41)50(31-20-35(59-2)26-36(21-31)60-3)45-16-18-47(56-45)52(33-24-39(63-6)28-40(25-33)64-7)48-19-17-46(57-48)51(44-15-13-42(49)55-44)32-22-37(61-4)27-38(23-32)62-5/h8-28,54,57H,1-7H3,(H,53,58). The molecule has 12 nitrogen and oxygen atoms in total. The molecule has 0 unspecified atom stereocenters. The van der Waals surface area contributed by atoms with E-state index in [1.807, 2.05) is 121 Å². The molecule has 0 saturated heterocycles. The molecule has 7 aromatic rings. The summed E-state index contributed by atoms with van der Waals surface area (Å²) in [5, 5.41) is 2.88. The summed E-state index contributed by atoms with van der Waals surface area (Å²) in [4.78, 5) is 30.3. The largest absolute Gasteiger partial charge is 0.497 e. The Morgan fingerprint density at radius 3 is 0.953 bits per heavy atom. The van der Waals surface area contributed by atoms with Gasteiger partial charge in [0.25, 0.3) is 0 Å². The highest BCUT2D eigenvalue weighted by Crippen LogP contribution is 2.42. The van der Waals surface area contributed by atoms with E-state index in [1.54, 1.807) is 42.7 Å². The van der Waals surface area contributed by atoms with Gasteiger partial charge in [-0.2, -0.15) is 0 Å². The monoisotopic (exact) mass is 851 g/mol. The van der Waals surface area contributed by atoms with Crippen molar-refractivity contribution in [2.24, 2.45) is 0 Å². The molecule has 8 bridgehead atoms. The minimum atomic E-state index is -0.152. The van der Waals surface area contributed by atoms with Crippen LogP contribution in [0.3, 0.4) is 0 Å². The van der Waals surface area contributed by atoms with Crippen LogP contribution in [0.5, 0.6) is 34.5 Å². The second-order valence-corrected chi connectivity index (χ2v) is 15.1. The molecule has 0 fully saturated rings. The van der Waals surface area contributed by atoms with Crippen LogP contribution in [0.4, 0.5) is 5.69 Å². The smallest absolute Gasteiger partial charge is 0.221 e. The quantitative estimate of drug-likeness (QED) is 0.116. The van der Waals surface area contributed by atoms with Crippen molar-refractivity contribution in [3.63, 3.8) is 0 Å². The van der Waals surface area contributed by atoms with Crippen LogP contribution in [0, 0.1) is 0 Å². The number of H-pyrrole nitrogens is 2. The van der Waals surface area contributed by atoms with Gasteiger partial charge in [0.2, 0.25) is 5.91 Å². The van der Waals surface area contributed by atoms with E-state index in [0.717, 1.165) is 72.3 Å². The molecule has 3 N–H and O–H groups in total. The molecule has 12 heteroatoms. The molecular weight excluding hydrogens is 807 g/mol. The summed E-state index contributed by atoms with van der Waals surface area (Å²) in [6.45, 7) is 1.49. The van der Waals surface area contributed by atoms with Crippen LogP contribution >= 0.6 is 0 Å². The zero-order chi connectivity index (χ0) is 44.5. The maximum Gasteiger partial charge on any atom is 0.221 e. The van der Waals surface area contributed by atoms with Crippen LogP contribution in [0.2, 0.25) is 0 Å². The van der Waals surface area contributed by atoms with Gasteiger partial charge in [0.15, 0.2) is 0 Å². The van der Waals surface area contributed by atoms with E-state index in [4.69, 9.17) is 38.4 Å². The molecule has 2 aliphatic heterocycles. The number of methoxy groups -OCH3 is 6. The minimum Gasteiger partial charge on any atom is -0.497 e. The van der Waals surface area contributed by atoms with Crippen LogP contribution in [0.15, 0.2) is 103 Å². The number of carbonyl (C=O) groups is 1. The highest BCUT2D eigenvalue weighted by atomic mass is 16.5. The van der Waals surface area contributed by atoms with E-state index >= 15 is 0 Å². The number of nitrogens with one attached hydrogen (secondary N) is 3. The normalized spacial score (nSPS) is 11.6. The predicted molar refractivity (Wildman–Crippen MR) is 254 cm³/mol. The molecule has 320 valence electrons. The number of amides is 1. The summed E-state index contributed by atoms with van der Waals surface area (Å²) >= 11 is 0. The fourth-order valence-corrected chi connectivity index (χ4v) is 8.20. The number of benzene rings is 4. The van der Waals surface area contributed by atoms with E-state index in [-0.39, 0.29) is 5.91 Å². The first-order chi connectivity index (χ1) is 31.2. The zero-order valence-electron chi connectivity index (χ0n) is 36.4. The molecule has 0 saturated carbocycles. The third kappa shape index (κ3) is 7.88. The summed E-state index contributed by atoms with van der Waals surface area (Å²) in [5.41, 5.74) is 13.3. The summed E-state index contributed by atoms with van der Waals surface area (Å²) in [6, 6.07) is 33.3. The van der Waals surface area contributed by atoms with Gasteiger partial charge in [0.1, 0.15) is 34.5 Å². The van der Waals surface area contributed by atoms with Gasteiger partial charge in [-0.3, -0.25) is 4.79 Å². The van der Waals surface area contributed by atoms with Gasteiger partial charge in [0.05, 0.1) is 65.4 Å². The Balaban J connectivity index is 1.47. The first-order valence-electron chi connectivity index (χ1n) is 20.4. The van der Waals surface area contributed by atoms with Crippen molar-refractivity contribution in [3.05, 3.63) is 126 Å². The predicted octanol–water partition coefficient (Wildman–Crippen LogP) is 11.3. The maximum absolute atomic E-state index is 12.0. The number of rotatable bonds is 11. The Kier molecular flexibility index (Phi) is 11.1. The highest BCUT2D eigenvalue weighted by Gasteiger charge is 2.21. The first kappa shape index (κ1) is 41.1. The van der Waals surface area contributed by atoms with Crippen molar-refractivity contribution in [2.45, 2.75) is 6.92 Å². The fraction of sp³-hybridized carbons (Fsp3) is 0.135. The van der Waals surface area contributed by atoms with Crippen LogP contribution in [-0.2, 0) is 4.79 Å². The molecule has 9 rings (SSSR count). The van der Waals surface area contributed by atoms with Crippen molar-refractivity contribution in [1.82, 2.24) is 19.9 Å². The lowest BCUT2D eigenvalue weighted by Gasteiger charge is -2.11. The molecule has 0 radical (unpaired) electrons. The van der Waals surface area contributed by atoms with Crippen molar-refractivity contribution in [3.8, 4) is 79.0 Å². The summed E-state index contributed by atoms with van der Waals surface area (Å²) < 4.78 is 34.6. The number of aromatic amines is 2. The van der Waals surface area contributed by atoms with Crippen molar-refractivity contribution < 1.29 is 33.2 Å². The van der Waals surface area contributed by atoms with E-state index in [9.17, 15) is 4.79 Å². The molecule has 2 aliphatic rings. The van der Waals surface area contributed by atoms with Gasteiger partial charge in [-0.05, 0) is 119 Å². The molecule has 0 spiro atoms. The van der Waals surface area contributed by atoms with Crippen LogP contribution in [0.1, 0.15) is 29.7 Å². The number of nitrogens with zero attached hydrogens (tertiary/aromatic N) is 2. The minimum absolute atomic E-state index is 0.152. The Morgan fingerprint density at radius 2 is 0.688 bits per heavy atom. The summed E-state index contributed by atoms with van der Waals surface area (Å²) in [6.07, 6.45) is 8.08. The molecule has 3 aromatic heterocycles. The van der Waals surface area contributed by atoms with E-state index < -0.39 is 0 Å². The summed E-state index contributed by atoms with van der Waals surface area (Å²) in [5.74, 6) is 3.61. The second-order valence-electron chi connectivity index (χ2n) is 15.1. The van der Waals surface area contributed by atoms with Crippen molar-refractivity contribution in [2.75, 3.05) is 48.0 Å². The maximum atomic E-state index is 12.0.